The summed E-state index contributed by atoms with van der Waals surface area (Å²) in [5.41, 5.74) is 1.04. The first-order chi connectivity index (χ1) is 8.65. The number of carbonyl (C=O) groups is 1. The molecule has 0 heterocycles. The van der Waals surface area contributed by atoms with Crippen LogP contribution in [0.5, 0.6) is 0 Å². The van der Waals surface area contributed by atoms with E-state index in [4.69, 9.17) is 4.74 Å². The Kier molecular flexibility index (Phi) is 6.98. The Hall–Kier alpha value is -0.870. The van der Waals surface area contributed by atoms with Gasteiger partial charge >= 0.3 is 0 Å². The molecular formula is C14H20BrNO2. The predicted octanol–water partition coefficient (Wildman–Crippen LogP) is 2.71. The Morgan fingerprint density at radius 3 is 2.67 bits per heavy atom. The van der Waals surface area contributed by atoms with Crippen LogP contribution in [0, 0.1) is 0 Å². The number of benzene rings is 1. The van der Waals surface area contributed by atoms with Gasteiger partial charge in [-0.15, -0.1) is 0 Å². The second kappa shape index (κ2) is 8.27. The predicted molar refractivity (Wildman–Crippen MR) is 77.1 cm³/mol. The maximum absolute atomic E-state index is 11.9. The van der Waals surface area contributed by atoms with Crippen molar-refractivity contribution in [3.63, 3.8) is 0 Å². The summed E-state index contributed by atoms with van der Waals surface area (Å²) in [7, 11) is 1.67. The second-order valence-corrected chi connectivity index (χ2v) is 5.56. The van der Waals surface area contributed by atoms with E-state index in [1.165, 1.54) is 0 Å². The van der Waals surface area contributed by atoms with Gasteiger partial charge in [-0.3, -0.25) is 4.79 Å². The largest absolute Gasteiger partial charge is 0.384 e. The van der Waals surface area contributed by atoms with Crippen LogP contribution in [0.3, 0.4) is 0 Å². The lowest BCUT2D eigenvalue weighted by Gasteiger charge is -2.14. The number of nitrogens with one attached hydrogen (secondary N) is 1. The van der Waals surface area contributed by atoms with E-state index in [1.54, 1.807) is 7.11 Å². The summed E-state index contributed by atoms with van der Waals surface area (Å²) < 4.78 is 5.02. The molecule has 3 nitrogen and oxygen atoms in total. The summed E-state index contributed by atoms with van der Waals surface area (Å²) in [6, 6.07) is 9.80. The van der Waals surface area contributed by atoms with Gasteiger partial charge in [0.05, 0.1) is 12.5 Å². The van der Waals surface area contributed by atoms with E-state index in [0.717, 1.165) is 12.0 Å². The summed E-state index contributed by atoms with van der Waals surface area (Å²) in [6.45, 7) is 3.24. The Morgan fingerprint density at radius 1 is 1.39 bits per heavy atom. The molecule has 2 atom stereocenters. The smallest absolute Gasteiger partial charge is 0.227 e. The molecule has 0 saturated carbocycles. The Balaban J connectivity index is 2.33. The Bertz CT molecular complexity index is 356. The van der Waals surface area contributed by atoms with E-state index in [2.05, 4.69) is 21.2 Å². The van der Waals surface area contributed by atoms with E-state index < -0.39 is 0 Å². The molecule has 0 saturated heterocycles. The molecule has 2 unspecified atom stereocenters. The van der Waals surface area contributed by atoms with E-state index in [9.17, 15) is 4.79 Å². The Labute approximate surface area is 117 Å². The minimum atomic E-state index is -0.109. The third kappa shape index (κ3) is 5.19. The molecule has 4 heteroatoms. The molecule has 0 aliphatic carbocycles. The van der Waals surface area contributed by atoms with Crippen molar-refractivity contribution in [3.05, 3.63) is 35.9 Å². The van der Waals surface area contributed by atoms with Gasteiger partial charge in [0.25, 0.3) is 0 Å². The monoisotopic (exact) mass is 313 g/mol. The van der Waals surface area contributed by atoms with Crippen molar-refractivity contribution >= 4 is 21.8 Å². The van der Waals surface area contributed by atoms with Crippen LogP contribution in [0.15, 0.2) is 30.3 Å². The van der Waals surface area contributed by atoms with Crippen LogP contribution in [-0.2, 0) is 9.53 Å². The second-order valence-electron chi connectivity index (χ2n) is 4.26. The SMILES string of the molecule is COCC(Br)CCNC(=O)C(C)c1ccccc1. The minimum Gasteiger partial charge on any atom is -0.384 e. The van der Waals surface area contributed by atoms with Crippen molar-refractivity contribution < 1.29 is 9.53 Å². The van der Waals surface area contributed by atoms with Gasteiger partial charge in [0.1, 0.15) is 0 Å². The fourth-order valence-corrected chi connectivity index (χ4v) is 2.16. The third-order valence-corrected chi connectivity index (χ3v) is 3.52. The lowest BCUT2D eigenvalue weighted by atomic mass is 10.0. The number of rotatable bonds is 7. The highest BCUT2D eigenvalue weighted by molar-refractivity contribution is 9.09. The minimum absolute atomic E-state index is 0.0679. The maximum atomic E-state index is 11.9. The van der Waals surface area contributed by atoms with Crippen molar-refractivity contribution in [1.29, 1.82) is 0 Å². The van der Waals surface area contributed by atoms with Gasteiger partial charge < -0.3 is 10.1 Å². The van der Waals surface area contributed by atoms with Crippen molar-refractivity contribution in [2.24, 2.45) is 0 Å². The van der Waals surface area contributed by atoms with E-state index in [-0.39, 0.29) is 16.7 Å². The lowest BCUT2D eigenvalue weighted by Crippen LogP contribution is -2.30. The highest BCUT2D eigenvalue weighted by Gasteiger charge is 2.14. The van der Waals surface area contributed by atoms with Gasteiger partial charge in [0, 0.05) is 18.5 Å². The molecule has 1 aromatic rings. The topological polar surface area (TPSA) is 38.3 Å². The number of ether oxygens (including phenoxy) is 1. The maximum Gasteiger partial charge on any atom is 0.227 e. The van der Waals surface area contributed by atoms with Crippen molar-refractivity contribution in [3.8, 4) is 0 Å². The molecule has 1 N–H and O–H groups in total. The molecule has 0 aromatic heterocycles. The molecule has 0 aliphatic rings. The number of carbonyl (C=O) groups excluding carboxylic acids is 1. The van der Waals surface area contributed by atoms with Crippen LogP contribution < -0.4 is 5.32 Å². The first-order valence-electron chi connectivity index (χ1n) is 6.10. The zero-order valence-electron chi connectivity index (χ0n) is 10.9. The molecule has 100 valence electrons. The number of halogens is 1. The molecule has 1 aromatic carbocycles. The number of methoxy groups -OCH3 is 1. The fraction of sp³-hybridized carbons (Fsp3) is 0.500. The zero-order chi connectivity index (χ0) is 13.4. The quantitative estimate of drug-likeness (QED) is 0.786. The summed E-state index contributed by atoms with van der Waals surface area (Å²) >= 11 is 3.49. The molecule has 0 fully saturated rings. The summed E-state index contributed by atoms with van der Waals surface area (Å²) in [5.74, 6) is -0.0410. The number of amides is 1. The zero-order valence-corrected chi connectivity index (χ0v) is 12.4. The van der Waals surface area contributed by atoms with Gasteiger partial charge in [-0.25, -0.2) is 0 Å². The van der Waals surface area contributed by atoms with Gasteiger partial charge in [0.15, 0.2) is 0 Å². The van der Waals surface area contributed by atoms with Crippen LogP contribution in [0.4, 0.5) is 0 Å². The van der Waals surface area contributed by atoms with Gasteiger partial charge in [-0.2, -0.15) is 0 Å². The highest BCUT2D eigenvalue weighted by Crippen LogP contribution is 2.14. The first-order valence-corrected chi connectivity index (χ1v) is 7.02. The van der Waals surface area contributed by atoms with Crippen molar-refractivity contribution in [2.75, 3.05) is 20.3 Å². The molecule has 18 heavy (non-hydrogen) atoms. The fourth-order valence-electron chi connectivity index (χ4n) is 1.66. The van der Waals surface area contributed by atoms with Crippen LogP contribution in [0.1, 0.15) is 24.8 Å². The average Bonchev–Trinajstić information content (AvgIpc) is 2.39. The molecular weight excluding hydrogens is 294 g/mol. The number of alkyl halides is 1. The standard InChI is InChI=1S/C14H20BrNO2/c1-11(12-6-4-3-5-7-12)14(17)16-9-8-13(15)10-18-2/h3-7,11,13H,8-10H2,1-2H3,(H,16,17). The van der Waals surface area contributed by atoms with Crippen molar-refractivity contribution in [1.82, 2.24) is 5.32 Å². The molecule has 0 spiro atoms. The van der Waals surface area contributed by atoms with Crippen molar-refractivity contribution in [2.45, 2.75) is 24.1 Å². The Morgan fingerprint density at radius 2 is 2.06 bits per heavy atom. The van der Waals surface area contributed by atoms with E-state index in [1.807, 2.05) is 37.3 Å². The van der Waals surface area contributed by atoms with Gasteiger partial charge in [-0.05, 0) is 18.9 Å². The first kappa shape index (κ1) is 15.2. The molecule has 0 aliphatic heterocycles. The lowest BCUT2D eigenvalue weighted by molar-refractivity contribution is -0.122. The summed E-state index contributed by atoms with van der Waals surface area (Å²) in [6.07, 6.45) is 0.862. The van der Waals surface area contributed by atoms with E-state index >= 15 is 0 Å². The number of hydrogen-bond donors (Lipinski definition) is 1. The molecule has 0 radical (unpaired) electrons. The normalized spacial score (nSPS) is 13.9. The van der Waals surface area contributed by atoms with Gasteiger partial charge in [-0.1, -0.05) is 46.3 Å². The van der Waals surface area contributed by atoms with Crippen LogP contribution >= 0.6 is 15.9 Å². The highest BCUT2D eigenvalue weighted by atomic mass is 79.9. The average molecular weight is 314 g/mol. The van der Waals surface area contributed by atoms with Crippen LogP contribution in [0.2, 0.25) is 0 Å². The molecule has 1 rings (SSSR count). The molecule has 0 bridgehead atoms. The van der Waals surface area contributed by atoms with Crippen LogP contribution in [0.25, 0.3) is 0 Å². The molecule has 1 amide bonds. The third-order valence-electron chi connectivity index (χ3n) is 2.80. The summed E-state index contributed by atoms with van der Waals surface area (Å²) in [4.78, 5) is 12.2. The summed E-state index contributed by atoms with van der Waals surface area (Å²) in [5, 5.41) is 2.95. The van der Waals surface area contributed by atoms with E-state index in [0.29, 0.717) is 13.2 Å². The van der Waals surface area contributed by atoms with Gasteiger partial charge in [0.2, 0.25) is 5.91 Å². The van der Waals surface area contributed by atoms with Crippen LogP contribution in [-0.4, -0.2) is 31.0 Å². The number of hydrogen-bond acceptors (Lipinski definition) is 2.